The SMILES string of the molecule is CC(C)(C)[Si](C)(C)OCC12C3C4C1C1C2C3C41N. The third-order valence-electron chi connectivity index (χ3n) is 8.40. The van der Waals surface area contributed by atoms with Crippen LogP contribution in [-0.4, -0.2) is 20.5 Å². The highest BCUT2D eigenvalue weighted by Crippen LogP contribution is 3.06. The van der Waals surface area contributed by atoms with E-state index in [0.29, 0.717) is 16.0 Å². The molecule has 6 aliphatic carbocycles. The van der Waals surface area contributed by atoms with Crippen LogP contribution in [-0.2, 0) is 4.43 Å². The Labute approximate surface area is 111 Å². The third kappa shape index (κ3) is 0.638. The molecule has 0 bridgehead atoms. The Bertz CT molecular complexity index is 424. The highest BCUT2D eigenvalue weighted by Gasteiger charge is 3.08. The molecule has 0 aromatic rings. The van der Waals surface area contributed by atoms with E-state index in [1.54, 1.807) is 0 Å². The maximum atomic E-state index is 6.53. The fourth-order valence-electron chi connectivity index (χ4n) is 6.64. The standard InChI is InChI=1S/C15H25NOSi/c1-13(2,3)18(4,5)17-6-14-7-10-8(14)12-9(14)11(7)15(10,12)16/h7-12H,6,16H2,1-5H3. The Balaban J connectivity index is 1.32. The normalized spacial score (nSPS) is 65.0. The molecule has 2 nitrogen and oxygen atoms in total. The third-order valence-corrected chi connectivity index (χ3v) is 12.9. The second-order valence-electron chi connectivity index (χ2n) is 9.32. The lowest BCUT2D eigenvalue weighted by Gasteiger charge is -3.11. The molecule has 6 rings (SSSR count). The highest BCUT2D eigenvalue weighted by molar-refractivity contribution is 6.74. The molecule has 0 heterocycles. The van der Waals surface area contributed by atoms with Crippen molar-refractivity contribution in [2.24, 2.45) is 46.7 Å². The zero-order valence-electron chi connectivity index (χ0n) is 12.2. The van der Waals surface area contributed by atoms with E-state index < -0.39 is 8.32 Å². The van der Waals surface area contributed by atoms with Crippen LogP contribution in [0.2, 0.25) is 18.1 Å². The quantitative estimate of drug-likeness (QED) is 0.794. The number of nitrogens with two attached hydrogens (primary N) is 1. The number of rotatable bonds is 3. The lowest BCUT2D eigenvalue weighted by atomic mass is 8.94. The molecule has 0 atom stereocenters. The Morgan fingerprint density at radius 2 is 1.44 bits per heavy atom. The molecule has 0 aromatic heterocycles. The van der Waals surface area contributed by atoms with Crippen molar-refractivity contribution < 1.29 is 4.43 Å². The minimum atomic E-state index is -1.55. The van der Waals surface area contributed by atoms with Crippen molar-refractivity contribution in [2.45, 2.75) is 44.4 Å². The van der Waals surface area contributed by atoms with Gasteiger partial charge in [-0.1, -0.05) is 20.8 Å². The topological polar surface area (TPSA) is 35.2 Å². The van der Waals surface area contributed by atoms with E-state index in [0.717, 1.165) is 42.1 Å². The minimum absolute atomic E-state index is 0.348. The first-order valence-corrected chi connectivity index (χ1v) is 10.5. The molecule has 0 spiro atoms. The van der Waals surface area contributed by atoms with Crippen LogP contribution in [0.1, 0.15) is 20.8 Å². The Morgan fingerprint density at radius 3 is 1.83 bits per heavy atom. The van der Waals surface area contributed by atoms with Crippen molar-refractivity contribution in [3.8, 4) is 0 Å². The molecule has 0 aliphatic heterocycles. The molecular formula is C15H25NOSi. The summed E-state index contributed by atoms with van der Waals surface area (Å²) in [4.78, 5) is 0. The van der Waals surface area contributed by atoms with Crippen LogP contribution in [0, 0.1) is 40.9 Å². The summed E-state index contributed by atoms with van der Waals surface area (Å²) in [6.07, 6.45) is 0. The van der Waals surface area contributed by atoms with E-state index in [4.69, 9.17) is 10.2 Å². The van der Waals surface area contributed by atoms with Crippen molar-refractivity contribution in [3.63, 3.8) is 0 Å². The van der Waals surface area contributed by atoms with Crippen molar-refractivity contribution in [3.05, 3.63) is 0 Å². The van der Waals surface area contributed by atoms with Crippen molar-refractivity contribution in [1.29, 1.82) is 0 Å². The molecule has 0 saturated heterocycles. The fraction of sp³-hybridized carbons (Fsp3) is 1.00. The maximum absolute atomic E-state index is 6.53. The van der Waals surface area contributed by atoms with Gasteiger partial charge in [-0.3, -0.25) is 0 Å². The zero-order valence-corrected chi connectivity index (χ0v) is 13.2. The van der Waals surface area contributed by atoms with Crippen LogP contribution in [0.5, 0.6) is 0 Å². The average Bonchev–Trinajstić information content (AvgIpc) is 2.27. The van der Waals surface area contributed by atoms with Gasteiger partial charge in [0.2, 0.25) is 0 Å². The molecule has 6 fully saturated rings. The van der Waals surface area contributed by atoms with Crippen LogP contribution < -0.4 is 5.73 Å². The van der Waals surface area contributed by atoms with E-state index in [9.17, 15) is 0 Å². The van der Waals surface area contributed by atoms with E-state index in [-0.39, 0.29) is 0 Å². The second kappa shape index (κ2) is 2.29. The van der Waals surface area contributed by atoms with Gasteiger partial charge in [0.05, 0.1) is 0 Å². The molecule has 18 heavy (non-hydrogen) atoms. The van der Waals surface area contributed by atoms with Crippen molar-refractivity contribution >= 4 is 8.32 Å². The predicted molar refractivity (Wildman–Crippen MR) is 73.4 cm³/mol. The smallest absolute Gasteiger partial charge is 0.192 e. The summed E-state index contributed by atoms with van der Waals surface area (Å²) in [6.45, 7) is 12.9. The van der Waals surface area contributed by atoms with Gasteiger partial charge in [0.25, 0.3) is 0 Å². The van der Waals surface area contributed by atoms with Crippen LogP contribution in [0.3, 0.4) is 0 Å². The lowest BCUT2D eigenvalue weighted by molar-refractivity contribution is -0.622. The van der Waals surface area contributed by atoms with E-state index in [2.05, 4.69) is 33.9 Å². The second-order valence-corrected chi connectivity index (χ2v) is 14.1. The monoisotopic (exact) mass is 263 g/mol. The summed E-state index contributed by atoms with van der Waals surface area (Å²) in [6, 6.07) is 0. The van der Waals surface area contributed by atoms with Gasteiger partial charge < -0.3 is 10.2 Å². The number of hydrogen-bond donors (Lipinski definition) is 1. The zero-order chi connectivity index (χ0) is 12.9. The van der Waals surface area contributed by atoms with Gasteiger partial charge >= 0.3 is 0 Å². The Morgan fingerprint density at radius 1 is 1.00 bits per heavy atom. The van der Waals surface area contributed by atoms with Crippen molar-refractivity contribution in [1.82, 2.24) is 0 Å². The van der Waals surface area contributed by atoms with Crippen LogP contribution >= 0.6 is 0 Å². The Hall–Kier alpha value is 0.137. The fourth-order valence-corrected chi connectivity index (χ4v) is 7.69. The van der Waals surface area contributed by atoms with Gasteiger partial charge in [0.15, 0.2) is 8.32 Å². The number of hydrogen-bond acceptors (Lipinski definition) is 2. The largest absolute Gasteiger partial charge is 0.416 e. The summed E-state index contributed by atoms with van der Waals surface area (Å²) < 4.78 is 6.53. The van der Waals surface area contributed by atoms with Gasteiger partial charge in [-0.25, -0.2) is 0 Å². The molecule has 6 saturated carbocycles. The van der Waals surface area contributed by atoms with E-state index in [1.165, 1.54) is 0 Å². The average molecular weight is 263 g/mol. The van der Waals surface area contributed by atoms with Gasteiger partial charge in [0.1, 0.15) is 0 Å². The first-order valence-electron chi connectivity index (χ1n) is 7.62. The van der Waals surface area contributed by atoms with Gasteiger partial charge in [0, 0.05) is 17.6 Å². The van der Waals surface area contributed by atoms with Gasteiger partial charge in [-0.05, 0) is 53.6 Å². The van der Waals surface area contributed by atoms with E-state index in [1.807, 2.05) is 0 Å². The highest BCUT2D eigenvalue weighted by atomic mass is 28.4. The summed E-state index contributed by atoms with van der Waals surface area (Å²) in [7, 11) is -1.55. The summed E-state index contributed by atoms with van der Waals surface area (Å²) in [5.41, 5.74) is 7.47. The molecule has 2 N–H and O–H groups in total. The predicted octanol–water partition coefficient (Wildman–Crippen LogP) is 2.46. The molecule has 3 heteroatoms. The maximum Gasteiger partial charge on any atom is 0.192 e. The van der Waals surface area contributed by atoms with Gasteiger partial charge in [-0.15, -0.1) is 0 Å². The minimum Gasteiger partial charge on any atom is -0.416 e. The summed E-state index contributed by atoms with van der Waals surface area (Å²) in [5, 5.41) is 0.348. The first-order chi connectivity index (χ1) is 8.19. The summed E-state index contributed by atoms with van der Waals surface area (Å²) >= 11 is 0. The molecular weight excluding hydrogens is 238 g/mol. The molecule has 0 radical (unpaired) electrons. The molecule has 0 unspecified atom stereocenters. The van der Waals surface area contributed by atoms with Crippen LogP contribution in [0.15, 0.2) is 0 Å². The first kappa shape index (κ1) is 10.9. The van der Waals surface area contributed by atoms with Gasteiger partial charge in [-0.2, -0.15) is 0 Å². The van der Waals surface area contributed by atoms with Crippen LogP contribution in [0.4, 0.5) is 0 Å². The Kier molecular flexibility index (Phi) is 1.38. The van der Waals surface area contributed by atoms with Crippen molar-refractivity contribution in [2.75, 3.05) is 6.61 Å². The van der Waals surface area contributed by atoms with E-state index >= 15 is 0 Å². The lowest BCUT2D eigenvalue weighted by Crippen LogP contribution is -3.15. The molecule has 0 amide bonds. The van der Waals surface area contributed by atoms with Crippen LogP contribution in [0.25, 0.3) is 0 Å². The molecule has 100 valence electrons. The summed E-state index contributed by atoms with van der Waals surface area (Å²) in [5.74, 6) is 5.77. The molecule has 0 aromatic carbocycles. The molecule has 6 aliphatic rings.